The van der Waals surface area contributed by atoms with Crippen LogP contribution < -0.4 is 5.73 Å². The van der Waals surface area contributed by atoms with E-state index in [9.17, 15) is 15.3 Å². The van der Waals surface area contributed by atoms with Gasteiger partial charge >= 0.3 is 0 Å². The van der Waals surface area contributed by atoms with E-state index < -0.39 is 36.7 Å². The largest absolute Gasteiger partial charge is 0.394 e. The molecule has 0 spiro atoms. The lowest BCUT2D eigenvalue weighted by Crippen LogP contribution is -2.65. The van der Waals surface area contributed by atoms with Crippen molar-refractivity contribution < 1.29 is 25.2 Å². The zero-order valence-electron chi connectivity index (χ0n) is 7.29. The van der Waals surface area contributed by atoms with Crippen molar-refractivity contribution in [3.05, 3.63) is 0 Å². The molecule has 1 fully saturated rings. The van der Waals surface area contributed by atoms with Crippen molar-refractivity contribution in [1.82, 2.24) is 0 Å². The lowest BCUT2D eigenvalue weighted by Gasteiger charge is -2.44. The SMILES string of the molecule is C[C@H]1[C@H](O)[C@@H](O)[C@H](CO)OC1(N)O. The van der Waals surface area contributed by atoms with Gasteiger partial charge in [-0.3, -0.25) is 5.73 Å². The van der Waals surface area contributed by atoms with Crippen LogP contribution in [0.5, 0.6) is 0 Å². The topological polar surface area (TPSA) is 116 Å². The number of hydrogen-bond donors (Lipinski definition) is 5. The number of hydrogen-bond acceptors (Lipinski definition) is 6. The van der Waals surface area contributed by atoms with E-state index in [0.717, 1.165) is 0 Å². The molecule has 0 aromatic carbocycles. The molecule has 6 heteroatoms. The predicted octanol–water partition coefficient (Wildman–Crippen LogP) is -2.66. The van der Waals surface area contributed by atoms with Crippen LogP contribution in [0.4, 0.5) is 0 Å². The third kappa shape index (κ3) is 1.83. The van der Waals surface area contributed by atoms with Gasteiger partial charge in [0.15, 0.2) is 0 Å². The van der Waals surface area contributed by atoms with Gasteiger partial charge in [0.2, 0.25) is 5.91 Å². The van der Waals surface area contributed by atoms with E-state index in [2.05, 4.69) is 0 Å². The lowest BCUT2D eigenvalue weighted by molar-refractivity contribution is -0.329. The van der Waals surface area contributed by atoms with Gasteiger partial charge in [-0.2, -0.15) is 0 Å². The van der Waals surface area contributed by atoms with Crippen molar-refractivity contribution in [3.63, 3.8) is 0 Å². The second kappa shape index (κ2) is 3.49. The van der Waals surface area contributed by atoms with Crippen molar-refractivity contribution in [2.45, 2.75) is 31.1 Å². The molecule has 0 aromatic heterocycles. The summed E-state index contributed by atoms with van der Waals surface area (Å²) in [4.78, 5) is 0. The van der Waals surface area contributed by atoms with Gasteiger partial charge in [-0.1, -0.05) is 6.92 Å². The van der Waals surface area contributed by atoms with Crippen LogP contribution in [0.15, 0.2) is 0 Å². The standard InChI is InChI=1S/C7H15NO5/c1-3-5(10)6(11)4(2-9)13-7(3,8)12/h3-6,9-12H,2,8H2,1H3/t3-,4-,5-,6-,7?/m0/s1. The molecular formula is C7H15NO5. The highest BCUT2D eigenvalue weighted by Gasteiger charge is 2.48. The first-order valence-electron chi connectivity index (χ1n) is 4.06. The fourth-order valence-electron chi connectivity index (χ4n) is 1.33. The highest BCUT2D eigenvalue weighted by atomic mass is 16.7. The van der Waals surface area contributed by atoms with Crippen molar-refractivity contribution in [2.24, 2.45) is 11.7 Å². The number of aliphatic hydroxyl groups excluding tert-OH is 3. The van der Waals surface area contributed by atoms with Crippen molar-refractivity contribution >= 4 is 0 Å². The summed E-state index contributed by atoms with van der Waals surface area (Å²) in [6, 6.07) is 0. The molecule has 0 amide bonds. The van der Waals surface area contributed by atoms with Crippen LogP contribution in [0.25, 0.3) is 0 Å². The number of ether oxygens (including phenoxy) is 1. The van der Waals surface area contributed by atoms with Gasteiger partial charge in [0.1, 0.15) is 12.2 Å². The molecule has 0 saturated carbocycles. The highest BCUT2D eigenvalue weighted by molar-refractivity contribution is 4.90. The zero-order chi connectivity index (χ0) is 10.2. The number of aliphatic hydroxyl groups is 4. The first kappa shape index (κ1) is 10.8. The normalized spacial score (nSPS) is 52.2. The Morgan fingerprint density at radius 2 is 1.92 bits per heavy atom. The van der Waals surface area contributed by atoms with Crippen molar-refractivity contribution in [3.8, 4) is 0 Å². The van der Waals surface area contributed by atoms with Crippen LogP contribution >= 0.6 is 0 Å². The molecule has 6 nitrogen and oxygen atoms in total. The summed E-state index contributed by atoms with van der Waals surface area (Å²) in [6.45, 7) is 0.936. The van der Waals surface area contributed by atoms with Gasteiger partial charge in [-0.05, 0) is 0 Å². The average molecular weight is 193 g/mol. The first-order valence-corrected chi connectivity index (χ1v) is 4.06. The minimum Gasteiger partial charge on any atom is -0.394 e. The van der Waals surface area contributed by atoms with E-state index >= 15 is 0 Å². The number of nitrogens with two attached hydrogens (primary N) is 1. The molecule has 1 rings (SSSR count). The molecule has 0 radical (unpaired) electrons. The van der Waals surface area contributed by atoms with Gasteiger partial charge in [0.25, 0.3) is 0 Å². The summed E-state index contributed by atoms with van der Waals surface area (Å²) in [5.74, 6) is -2.82. The average Bonchev–Trinajstić information content (AvgIpc) is 2.08. The van der Waals surface area contributed by atoms with E-state index in [1.807, 2.05) is 0 Å². The lowest BCUT2D eigenvalue weighted by atomic mass is 9.90. The summed E-state index contributed by atoms with van der Waals surface area (Å²) in [6.07, 6.45) is -3.49. The van der Waals surface area contributed by atoms with Crippen LogP contribution in [0.1, 0.15) is 6.92 Å². The summed E-state index contributed by atoms with van der Waals surface area (Å²) in [7, 11) is 0. The first-order chi connectivity index (χ1) is 5.90. The fourth-order valence-corrected chi connectivity index (χ4v) is 1.33. The molecule has 6 N–H and O–H groups in total. The van der Waals surface area contributed by atoms with Crippen LogP contribution in [0, 0.1) is 5.92 Å². The molecule has 0 aromatic rings. The van der Waals surface area contributed by atoms with Crippen LogP contribution in [0.2, 0.25) is 0 Å². The monoisotopic (exact) mass is 193 g/mol. The minimum atomic E-state index is -2.01. The van der Waals surface area contributed by atoms with E-state index in [1.54, 1.807) is 0 Å². The van der Waals surface area contributed by atoms with Gasteiger partial charge in [-0.25, -0.2) is 0 Å². The minimum absolute atomic E-state index is 0.509. The van der Waals surface area contributed by atoms with Crippen LogP contribution in [-0.2, 0) is 4.74 Å². The van der Waals surface area contributed by atoms with Crippen molar-refractivity contribution in [2.75, 3.05) is 6.61 Å². The van der Waals surface area contributed by atoms with Gasteiger partial charge in [-0.15, -0.1) is 0 Å². The molecular weight excluding hydrogens is 178 g/mol. The summed E-state index contributed by atoms with van der Waals surface area (Å²) in [5.41, 5.74) is 5.29. The van der Waals surface area contributed by atoms with Gasteiger partial charge < -0.3 is 25.2 Å². The quantitative estimate of drug-likeness (QED) is 0.290. The van der Waals surface area contributed by atoms with E-state index in [4.69, 9.17) is 15.6 Å². The second-order valence-electron chi connectivity index (χ2n) is 3.36. The Kier molecular flexibility index (Phi) is 2.91. The zero-order valence-corrected chi connectivity index (χ0v) is 7.29. The molecule has 1 aliphatic heterocycles. The molecule has 1 aliphatic rings. The van der Waals surface area contributed by atoms with Gasteiger partial charge in [0.05, 0.1) is 18.6 Å². The maximum Gasteiger partial charge on any atom is 0.228 e. The maximum atomic E-state index is 9.41. The molecule has 13 heavy (non-hydrogen) atoms. The fraction of sp³-hybridized carbons (Fsp3) is 1.00. The summed E-state index contributed by atoms with van der Waals surface area (Å²) < 4.78 is 4.79. The van der Waals surface area contributed by atoms with E-state index in [-0.39, 0.29) is 0 Å². The molecule has 1 saturated heterocycles. The van der Waals surface area contributed by atoms with Gasteiger partial charge in [0, 0.05) is 0 Å². The Balaban J connectivity index is 2.79. The third-order valence-electron chi connectivity index (χ3n) is 2.42. The molecule has 1 unspecified atom stereocenters. The third-order valence-corrected chi connectivity index (χ3v) is 2.42. The Morgan fingerprint density at radius 1 is 1.38 bits per heavy atom. The number of rotatable bonds is 1. The Morgan fingerprint density at radius 3 is 2.38 bits per heavy atom. The summed E-state index contributed by atoms with van der Waals surface area (Å²) in [5, 5.41) is 36.9. The molecule has 78 valence electrons. The highest BCUT2D eigenvalue weighted by Crippen LogP contribution is 2.28. The predicted molar refractivity (Wildman–Crippen MR) is 42.3 cm³/mol. The van der Waals surface area contributed by atoms with Crippen molar-refractivity contribution in [1.29, 1.82) is 0 Å². The Labute approximate surface area is 75.6 Å². The van der Waals surface area contributed by atoms with E-state index in [0.29, 0.717) is 0 Å². The molecule has 5 atom stereocenters. The molecule has 0 aliphatic carbocycles. The van der Waals surface area contributed by atoms with Crippen LogP contribution in [0.3, 0.4) is 0 Å². The van der Waals surface area contributed by atoms with Crippen LogP contribution in [-0.4, -0.2) is 51.3 Å². The molecule has 1 heterocycles. The maximum absolute atomic E-state index is 9.41. The van der Waals surface area contributed by atoms with E-state index in [1.165, 1.54) is 6.92 Å². The summed E-state index contributed by atoms with van der Waals surface area (Å²) >= 11 is 0. The smallest absolute Gasteiger partial charge is 0.228 e. The second-order valence-corrected chi connectivity index (χ2v) is 3.36. The molecule has 0 bridgehead atoms. The Hall–Kier alpha value is -0.240. The Bertz CT molecular complexity index is 184.